The van der Waals surface area contributed by atoms with Crippen molar-refractivity contribution in [3.63, 3.8) is 0 Å². The van der Waals surface area contributed by atoms with E-state index in [0.29, 0.717) is 18.8 Å². The number of hydrogen-bond acceptors (Lipinski definition) is 6. The summed E-state index contributed by atoms with van der Waals surface area (Å²) in [6.07, 6.45) is 0.722. The van der Waals surface area contributed by atoms with E-state index in [9.17, 15) is 4.79 Å². The average molecular weight is 312 g/mol. The van der Waals surface area contributed by atoms with Gasteiger partial charge in [-0.05, 0) is 20.4 Å². The van der Waals surface area contributed by atoms with Crippen molar-refractivity contribution < 1.29 is 9.53 Å². The van der Waals surface area contributed by atoms with Gasteiger partial charge in [0.15, 0.2) is 0 Å². The van der Waals surface area contributed by atoms with Crippen LogP contribution in [-0.2, 0) is 11.2 Å². The normalized spacial score (nSPS) is 18.6. The molecular weight excluding hydrogens is 288 g/mol. The highest BCUT2D eigenvalue weighted by molar-refractivity contribution is 7.09. The van der Waals surface area contributed by atoms with Crippen molar-refractivity contribution in [2.45, 2.75) is 25.8 Å². The van der Waals surface area contributed by atoms with E-state index in [-0.39, 0.29) is 11.4 Å². The summed E-state index contributed by atoms with van der Waals surface area (Å²) in [4.78, 5) is 18.7. The van der Waals surface area contributed by atoms with Crippen molar-refractivity contribution in [2.75, 3.05) is 39.4 Å². The molecule has 1 amide bonds. The molecule has 1 aromatic rings. The molecule has 1 aromatic heterocycles. The Morgan fingerprint density at radius 3 is 3.14 bits per heavy atom. The smallest absolute Gasteiger partial charge is 0.270 e. The lowest BCUT2D eigenvalue weighted by Gasteiger charge is -2.42. The largest absolute Gasteiger partial charge is 0.378 e. The zero-order valence-corrected chi connectivity index (χ0v) is 13.5. The third kappa shape index (κ3) is 4.47. The van der Waals surface area contributed by atoms with Gasteiger partial charge in [-0.15, -0.1) is 11.3 Å². The first-order valence-corrected chi connectivity index (χ1v) is 8.16. The number of carbonyl (C=O) groups is 1. The predicted molar refractivity (Wildman–Crippen MR) is 83.7 cm³/mol. The molecule has 1 fully saturated rings. The highest BCUT2D eigenvalue weighted by atomic mass is 32.1. The van der Waals surface area contributed by atoms with Gasteiger partial charge < -0.3 is 15.8 Å². The molecule has 0 saturated carbocycles. The zero-order chi connectivity index (χ0) is 15.3. The predicted octanol–water partition coefficient (Wildman–Crippen LogP) is 0.485. The van der Waals surface area contributed by atoms with E-state index in [4.69, 9.17) is 10.5 Å². The van der Waals surface area contributed by atoms with E-state index in [1.807, 2.05) is 0 Å². The molecular formula is C14H24N4O2S. The van der Waals surface area contributed by atoms with Crippen LogP contribution in [0.3, 0.4) is 0 Å². The maximum Gasteiger partial charge on any atom is 0.270 e. The van der Waals surface area contributed by atoms with E-state index < -0.39 is 0 Å². The van der Waals surface area contributed by atoms with Crippen molar-refractivity contribution in [3.8, 4) is 0 Å². The molecule has 0 spiro atoms. The molecule has 1 aliphatic heterocycles. The molecule has 21 heavy (non-hydrogen) atoms. The summed E-state index contributed by atoms with van der Waals surface area (Å²) in [7, 11) is 0. The fraction of sp³-hybridized carbons (Fsp3) is 0.714. The second-order valence-electron chi connectivity index (χ2n) is 5.77. The number of carbonyl (C=O) groups excluding carboxylic acids is 1. The molecule has 7 heteroatoms. The Morgan fingerprint density at radius 2 is 2.43 bits per heavy atom. The summed E-state index contributed by atoms with van der Waals surface area (Å²) in [5, 5.41) is 5.64. The van der Waals surface area contributed by atoms with Gasteiger partial charge in [-0.3, -0.25) is 9.69 Å². The fourth-order valence-corrected chi connectivity index (χ4v) is 3.15. The van der Waals surface area contributed by atoms with Crippen molar-refractivity contribution >= 4 is 17.2 Å². The Morgan fingerprint density at radius 1 is 1.62 bits per heavy atom. The van der Waals surface area contributed by atoms with Crippen LogP contribution >= 0.6 is 11.3 Å². The summed E-state index contributed by atoms with van der Waals surface area (Å²) in [5.74, 6) is -0.111. The number of ether oxygens (including phenoxy) is 1. The van der Waals surface area contributed by atoms with Crippen LogP contribution in [0.5, 0.6) is 0 Å². The van der Waals surface area contributed by atoms with Crippen LogP contribution in [0.25, 0.3) is 0 Å². The van der Waals surface area contributed by atoms with Gasteiger partial charge in [0.2, 0.25) is 0 Å². The molecule has 1 aliphatic rings. The second-order valence-corrected chi connectivity index (χ2v) is 6.72. The molecule has 0 bridgehead atoms. The summed E-state index contributed by atoms with van der Waals surface area (Å²) in [6, 6.07) is 0. The summed E-state index contributed by atoms with van der Waals surface area (Å²) in [5.41, 5.74) is 6.00. The Kier molecular flexibility index (Phi) is 5.69. The van der Waals surface area contributed by atoms with Crippen LogP contribution in [0.15, 0.2) is 5.38 Å². The van der Waals surface area contributed by atoms with Gasteiger partial charge in [0.1, 0.15) is 5.69 Å². The first-order chi connectivity index (χ1) is 10.0. The quantitative estimate of drug-likeness (QED) is 0.799. The van der Waals surface area contributed by atoms with Crippen LogP contribution in [0.1, 0.15) is 29.3 Å². The van der Waals surface area contributed by atoms with Crippen molar-refractivity contribution in [1.82, 2.24) is 15.2 Å². The number of aromatic nitrogens is 1. The van der Waals surface area contributed by atoms with Crippen LogP contribution < -0.4 is 11.1 Å². The van der Waals surface area contributed by atoms with E-state index in [1.165, 1.54) is 11.3 Å². The molecule has 0 aromatic carbocycles. The number of nitrogens with one attached hydrogen (secondary N) is 1. The van der Waals surface area contributed by atoms with E-state index in [1.54, 1.807) is 5.38 Å². The highest BCUT2D eigenvalue weighted by Gasteiger charge is 2.29. The topological polar surface area (TPSA) is 80.5 Å². The minimum Gasteiger partial charge on any atom is -0.378 e. The molecule has 0 radical (unpaired) electrons. The molecule has 1 saturated heterocycles. The Bertz CT molecular complexity index is 475. The lowest BCUT2D eigenvalue weighted by Crippen LogP contribution is -2.54. The Labute approximate surface area is 129 Å². The minimum absolute atomic E-state index is 0.0257. The monoisotopic (exact) mass is 312 g/mol. The van der Waals surface area contributed by atoms with Gasteiger partial charge in [0, 0.05) is 37.0 Å². The average Bonchev–Trinajstić information content (AvgIpc) is 2.89. The SMILES string of the molecule is CC1(C)COCCN1CCNC(=O)c1csc(CCN)n1. The molecule has 3 N–H and O–H groups in total. The molecule has 6 nitrogen and oxygen atoms in total. The summed E-state index contributed by atoms with van der Waals surface area (Å²) >= 11 is 1.48. The van der Waals surface area contributed by atoms with Crippen molar-refractivity contribution in [2.24, 2.45) is 5.73 Å². The van der Waals surface area contributed by atoms with Crippen LogP contribution in [0.2, 0.25) is 0 Å². The molecule has 0 aliphatic carbocycles. The van der Waals surface area contributed by atoms with E-state index in [0.717, 1.165) is 37.7 Å². The lowest BCUT2D eigenvalue weighted by molar-refractivity contribution is -0.0498. The molecule has 2 heterocycles. The standard InChI is InChI=1S/C14H24N4O2S/c1-14(2)10-20-8-7-18(14)6-5-16-13(19)11-9-21-12(17-11)3-4-15/h9H,3-8,10,15H2,1-2H3,(H,16,19). The van der Waals surface area contributed by atoms with Gasteiger partial charge in [-0.1, -0.05) is 0 Å². The van der Waals surface area contributed by atoms with Gasteiger partial charge in [0.25, 0.3) is 5.91 Å². The third-order valence-corrected chi connectivity index (χ3v) is 4.54. The second kappa shape index (κ2) is 7.31. The molecule has 118 valence electrons. The van der Waals surface area contributed by atoms with Gasteiger partial charge >= 0.3 is 0 Å². The summed E-state index contributed by atoms with van der Waals surface area (Å²) < 4.78 is 5.49. The van der Waals surface area contributed by atoms with Crippen LogP contribution in [0, 0.1) is 0 Å². The number of morpholine rings is 1. The lowest BCUT2D eigenvalue weighted by atomic mass is 10.0. The first-order valence-electron chi connectivity index (χ1n) is 7.28. The number of hydrogen-bond donors (Lipinski definition) is 2. The van der Waals surface area contributed by atoms with E-state index >= 15 is 0 Å². The maximum absolute atomic E-state index is 12.0. The van der Waals surface area contributed by atoms with Crippen LogP contribution in [0.4, 0.5) is 0 Å². The number of nitrogens with two attached hydrogens (primary N) is 1. The highest BCUT2D eigenvalue weighted by Crippen LogP contribution is 2.17. The molecule has 2 rings (SSSR count). The molecule has 0 unspecified atom stereocenters. The van der Waals surface area contributed by atoms with Gasteiger partial charge in [-0.25, -0.2) is 4.98 Å². The van der Waals surface area contributed by atoms with E-state index in [2.05, 4.69) is 29.0 Å². The van der Waals surface area contributed by atoms with Crippen molar-refractivity contribution in [1.29, 1.82) is 0 Å². The maximum atomic E-state index is 12.0. The Balaban J connectivity index is 1.78. The van der Waals surface area contributed by atoms with Gasteiger partial charge in [-0.2, -0.15) is 0 Å². The minimum atomic E-state index is -0.111. The first kappa shape index (κ1) is 16.4. The summed E-state index contributed by atoms with van der Waals surface area (Å²) in [6.45, 7) is 8.71. The number of amides is 1. The van der Waals surface area contributed by atoms with Crippen molar-refractivity contribution in [3.05, 3.63) is 16.1 Å². The number of thiazole rings is 1. The third-order valence-electron chi connectivity index (χ3n) is 3.63. The molecule has 0 atom stereocenters. The number of rotatable bonds is 6. The fourth-order valence-electron chi connectivity index (χ4n) is 2.35. The van der Waals surface area contributed by atoms with Crippen LogP contribution in [-0.4, -0.2) is 60.7 Å². The van der Waals surface area contributed by atoms with Gasteiger partial charge in [0.05, 0.1) is 18.2 Å². The number of nitrogens with zero attached hydrogens (tertiary/aromatic N) is 2. The zero-order valence-electron chi connectivity index (χ0n) is 12.7. The Hall–Kier alpha value is -1.02.